The van der Waals surface area contributed by atoms with Crippen molar-refractivity contribution in [1.29, 1.82) is 0 Å². The zero-order valence-corrected chi connectivity index (χ0v) is 21.4. The number of rotatable bonds is 3. The van der Waals surface area contributed by atoms with E-state index in [4.69, 9.17) is 15.0 Å². The Kier molecular flexibility index (Phi) is 6.03. The molecule has 3 aromatic carbocycles. The molecule has 3 nitrogen and oxygen atoms in total. The standard InChI is InChI=1S/C36H27N3/c1-3-12-25(13-4-1)34-27-16-9-17-28(24-27)36(29-18-7-8-23-37-29)33-22-11-21-32(39-33)35(26-14-5-2-6-15-26)31-20-10-19-30(34)38-31/h1-24,34-36H. The van der Waals surface area contributed by atoms with Gasteiger partial charge >= 0.3 is 0 Å². The number of nitrogens with zero attached hydrogens (tertiary/aromatic N) is 3. The highest BCUT2D eigenvalue weighted by Gasteiger charge is 2.27. The summed E-state index contributed by atoms with van der Waals surface area (Å²) in [7, 11) is 0. The molecule has 1 aliphatic rings. The molecule has 0 saturated carbocycles. The second kappa shape index (κ2) is 10.1. The summed E-state index contributed by atoms with van der Waals surface area (Å²) in [5.41, 5.74) is 9.75. The van der Waals surface area contributed by atoms with Gasteiger partial charge in [0, 0.05) is 6.20 Å². The molecule has 0 spiro atoms. The van der Waals surface area contributed by atoms with E-state index in [-0.39, 0.29) is 17.8 Å². The van der Waals surface area contributed by atoms with Crippen LogP contribution in [0.5, 0.6) is 0 Å². The van der Waals surface area contributed by atoms with Crippen LogP contribution in [0.25, 0.3) is 0 Å². The zero-order chi connectivity index (χ0) is 26.0. The van der Waals surface area contributed by atoms with Gasteiger partial charge in [-0.15, -0.1) is 0 Å². The molecule has 39 heavy (non-hydrogen) atoms. The monoisotopic (exact) mass is 501 g/mol. The normalized spacial score (nSPS) is 18.0. The summed E-state index contributed by atoms with van der Waals surface area (Å²) in [5, 5.41) is 0. The van der Waals surface area contributed by atoms with Gasteiger partial charge in [0.15, 0.2) is 0 Å². The summed E-state index contributed by atoms with van der Waals surface area (Å²) in [6, 6.07) is 49.1. The van der Waals surface area contributed by atoms with Gasteiger partial charge in [-0.2, -0.15) is 0 Å². The molecule has 3 atom stereocenters. The predicted octanol–water partition coefficient (Wildman–Crippen LogP) is 7.73. The molecule has 3 unspecified atom stereocenters. The van der Waals surface area contributed by atoms with Crippen molar-refractivity contribution < 1.29 is 0 Å². The van der Waals surface area contributed by atoms with Crippen LogP contribution in [-0.4, -0.2) is 15.0 Å². The summed E-state index contributed by atoms with van der Waals surface area (Å²) in [6.45, 7) is 0. The van der Waals surface area contributed by atoms with Crippen LogP contribution in [0, 0.1) is 0 Å². The Bertz CT molecular complexity index is 1450. The van der Waals surface area contributed by atoms with Crippen LogP contribution in [0.15, 0.2) is 146 Å². The highest BCUT2D eigenvalue weighted by atomic mass is 14.8. The first-order valence-corrected chi connectivity index (χ1v) is 13.4. The van der Waals surface area contributed by atoms with Crippen LogP contribution in [0.3, 0.4) is 0 Å². The average Bonchev–Trinajstić information content (AvgIpc) is 3.00. The highest BCUT2D eigenvalue weighted by molar-refractivity contribution is 5.48. The highest BCUT2D eigenvalue weighted by Crippen LogP contribution is 2.39. The predicted molar refractivity (Wildman–Crippen MR) is 155 cm³/mol. The molecule has 4 heterocycles. The lowest BCUT2D eigenvalue weighted by Crippen LogP contribution is -2.15. The third-order valence-electron chi connectivity index (χ3n) is 7.59. The minimum atomic E-state index is -0.0929. The lowest BCUT2D eigenvalue weighted by Gasteiger charge is -2.25. The van der Waals surface area contributed by atoms with Crippen molar-refractivity contribution in [1.82, 2.24) is 15.0 Å². The summed E-state index contributed by atoms with van der Waals surface area (Å²) in [5.74, 6) is -0.188. The third-order valence-corrected chi connectivity index (χ3v) is 7.59. The molecule has 3 heteroatoms. The molecular formula is C36H27N3. The maximum Gasteiger partial charge on any atom is 0.0686 e. The van der Waals surface area contributed by atoms with Gasteiger partial charge in [0.05, 0.1) is 46.2 Å². The molecule has 3 aromatic heterocycles. The Morgan fingerprint density at radius 1 is 0.333 bits per heavy atom. The molecule has 7 rings (SSSR count). The fourth-order valence-electron chi connectivity index (χ4n) is 5.86. The largest absolute Gasteiger partial charge is 0.260 e. The van der Waals surface area contributed by atoms with Crippen LogP contribution in [0.2, 0.25) is 0 Å². The van der Waals surface area contributed by atoms with E-state index in [2.05, 4.69) is 133 Å². The first kappa shape index (κ1) is 23.2. The fourth-order valence-corrected chi connectivity index (χ4v) is 5.86. The molecule has 0 N–H and O–H groups in total. The molecule has 0 saturated heterocycles. The Labute approximate surface area is 228 Å². The van der Waals surface area contributed by atoms with E-state index in [0.717, 1.165) is 28.5 Å². The van der Waals surface area contributed by atoms with Gasteiger partial charge in [-0.25, -0.2) is 0 Å². The average molecular weight is 502 g/mol. The van der Waals surface area contributed by atoms with Gasteiger partial charge in [0.1, 0.15) is 0 Å². The molecule has 0 amide bonds. The first-order chi connectivity index (χ1) is 19.3. The van der Waals surface area contributed by atoms with Gasteiger partial charge in [0.2, 0.25) is 0 Å². The van der Waals surface area contributed by atoms with Crippen molar-refractivity contribution in [3.63, 3.8) is 0 Å². The van der Waals surface area contributed by atoms with Crippen molar-refractivity contribution in [2.75, 3.05) is 0 Å². The van der Waals surface area contributed by atoms with Gasteiger partial charge in [0.25, 0.3) is 0 Å². The summed E-state index contributed by atoms with van der Waals surface area (Å²) in [6.07, 6.45) is 1.87. The van der Waals surface area contributed by atoms with E-state index < -0.39 is 0 Å². The van der Waals surface area contributed by atoms with Crippen molar-refractivity contribution in [2.45, 2.75) is 17.8 Å². The molecule has 1 aliphatic heterocycles. The fraction of sp³-hybridized carbons (Fsp3) is 0.0833. The van der Waals surface area contributed by atoms with Gasteiger partial charge < -0.3 is 0 Å². The van der Waals surface area contributed by atoms with E-state index in [1.54, 1.807) is 0 Å². The number of hydrogen-bond donors (Lipinski definition) is 0. The quantitative estimate of drug-likeness (QED) is 0.249. The van der Waals surface area contributed by atoms with Crippen LogP contribution in [0.4, 0.5) is 0 Å². The topological polar surface area (TPSA) is 38.7 Å². The van der Waals surface area contributed by atoms with E-state index in [9.17, 15) is 0 Å². The lowest BCUT2D eigenvalue weighted by atomic mass is 9.83. The number of fused-ring (bicyclic) bond motifs is 6. The Balaban J connectivity index is 1.55. The van der Waals surface area contributed by atoms with E-state index in [1.165, 1.54) is 22.3 Å². The zero-order valence-electron chi connectivity index (χ0n) is 21.4. The molecule has 6 aromatic rings. The van der Waals surface area contributed by atoms with Gasteiger partial charge in [-0.3, -0.25) is 15.0 Å². The molecular weight excluding hydrogens is 474 g/mol. The molecule has 6 bridgehead atoms. The summed E-state index contributed by atoms with van der Waals surface area (Å²) >= 11 is 0. The lowest BCUT2D eigenvalue weighted by molar-refractivity contribution is 0.794. The van der Waals surface area contributed by atoms with Crippen molar-refractivity contribution in [3.05, 3.63) is 196 Å². The Morgan fingerprint density at radius 3 is 1.31 bits per heavy atom. The Hall–Kier alpha value is -4.89. The molecule has 0 fully saturated rings. The second-order valence-corrected chi connectivity index (χ2v) is 10.0. The molecule has 0 radical (unpaired) electrons. The minimum absolute atomic E-state index is 0.00219. The number of aromatic nitrogens is 3. The van der Waals surface area contributed by atoms with Crippen molar-refractivity contribution >= 4 is 0 Å². The molecule has 0 aliphatic carbocycles. The van der Waals surface area contributed by atoms with Gasteiger partial charge in [-0.1, -0.05) is 103 Å². The minimum Gasteiger partial charge on any atom is -0.260 e. The number of pyridine rings is 3. The van der Waals surface area contributed by atoms with E-state index in [1.807, 2.05) is 12.3 Å². The first-order valence-electron chi connectivity index (χ1n) is 13.4. The van der Waals surface area contributed by atoms with Crippen molar-refractivity contribution in [2.24, 2.45) is 0 Å². The van der Waals surface area contributed by atoms with Crippen molar-refractivity contribution in [3.8, 4) is 0 Å². The number of benzene rings is 3. The van der Waals surface area contributed by atoms with E-state index in [0.29, 0.717) is 0 Å². The van der Waals surface area contributed by atoms with Crippen LogP contribution < -0.4 is 0 Å². The number of hydrogen-bond acceptors (Lipinski definition) is 3. The smallest absolute Gasteiger partial charge is 0.0686 e. The third kappa shape index (κ3) is 4.42. The second-order valence-electron chi connectivity index (χ2n) is 10.0. The maximum atomic E-state index is 5.35. The summed E-state index contributed by atoms with van der Waals surface area (Å²) in [4.78, 5) is 15.5. The van der Waals surface area contributed by atoms with E-state index >= 15 is 0 Å². The molecule has 186 valence electrons. The maximum absolute atomic E-state index is 5.35. The van der Waals surface area contributed by atoms with Crippen LogP contribution >= 0.6 is 0 Å². The van der Waals surface area contributed by atoms with Crippen LogP contribution in [-0.2, 0) is 0 Å². The summed E-state index contributed by atoms with van der Waals surface area (Å²) < 4.78 is 0. The Morgan fingerprint density at radius 2 is 0.744 bits per heavy atom. The SMILES string of the molecule is c1ccc(C2c3cccc(c3)C(c3ccccn3)c3cccc(n3)C(c3ccccc3)c3cccc2n3)cc1. The van der Waals surface area contributed by atoms with Crippen LogP contribution in [0.1, 0.15) is 68.5 Å². The van der Waals surface area contributed by atoms with Gasteiger partial charge in [-0.05, 0) is 58.7 Å².